The minimum Gasteiger partial charge on any atom is -0.334 e. The third-order valence-electron chi connectivity index (χ3n) is 3.38. The summed E-state index contributed by atoms with van der Waals surface area (Å²) in [5.74, 6) is 0. The largest absolute Gasteiger partial charge is 0.361 e. The normalized spacial score (nSPS) is 11.2. The average molecular weight is 403 g/mol. The number of anilines is 1. The lowest BCUT2D eigenvalue weighted by molar-refractivity contribution is 0.251. The van der Waals surface area contributed by atoms with Gasteiger partial charge in [0.2, 0.25) is 0 Å². The number of rotatable bonds is 6. The van der Waals surface area contributed by atoms with Crippen LogP contribution in [0, 0.1) is 0 Å². The van der Waals surface area contributed by atoms with Crippen molar-refractivity contribution in [2.24, 2.45) is 0 Å². The molecular formula is C16H17Cl2N2O4P. The zero-order chi connectivity index (χ0) is 18.4. The fourth-order valence-corrected chi connectivity index (χ4v) is 3.74. The molecule has 0 spiro atoms. The fraction of sp³-hybridized carbons (Fsp3) is 0.188. The predicted octanol–water partition coefficient (Wildman–Crippen LogP) is 4.43. The highest BCUT2D eigenvalue weighted by Crippen LogP contribution is 2.45. The van der Waals surface area contributed by atoms with Crippen molar-refractivity contribution in [2.75, 3.05) is 19.5 Å². The molecule has 2 rings (SSSR count). The van der Waals surface area contributed by atoms with E-state index in [1.165, 1.54) is 14.2 Å². The highest BCUT2D eigenvalue weighted by atomic mass is 35.5. The summed E-state index contributed by atoms with van der Waals surface area (Å²) in [5, 5.41) is 6.46. The first-order valence-electron chi connectivity index (χ1n) is 7.19. The van der Waals surface area contributed by atoms with Crippen LogP contribution in [0.25, 0.3) is 0 Å². The van der Waals surface area contributed by atoms with Crippen LogP contribution in [0.4, 0.5) is 10.5 Å². The van der Waals surface area contributed by atoms with E-state index in [0.717, 1.165) is 0 Å². The third-order valence-corrected chi connectivity index (χ3v) is 6.11. The maximum absolute atomic E-state index is 12.6. The van der Waals surface area contributed by atoms with Crippen LogP contribution in [-0.2, 0) is 20.2 Å². The second-order valence-electron chi connectivity index (χ2n) is 4.93. The Balaban J connectivity index is 2.07. The van der Waals surface area contributed by atoms with Crippen LogP contribution in [0.5, 0.6) is 0 Å². The average Bonchev–Trinajstić information content (AvgIpc) is 2.62. The fourth-order valence-electron chi connectivity index (χ4n) is 2.12. The van der Waals surface area contributed by atoms with Crippen LogP contribution >= 0.6 is 30.8 Å². The first-order valence-corrected chi connectivity index (χ1v) is 9.49. The molecule has 0 aliphatic heterocycles. The van der Waals surface area contributed by atoms with Crippen LogP contribution in [-0.4, -0.2) is 20.3 Å². The van der Waals surface area contributed by atoms with Gasteiger partial charge in [-0.1, -0.05) is 41.4 Å². The molecule has 134 valence electrons. The van der Waals surface area contributed by atoms with E-state index >= 15 is 0 Å². The van der Waals surface area contributed by atoms with Gasteiger partial charge in [0.1, 0.15) is 0 Å². The summed E-state index contributed by atoms with van der Waals surface area (Å²) in [4.78, 5) is 12.1. The standard InChI is InChI=1S/C16H17Cl2N2O4P/c1-23-25(22,24-2)15-6-4-3-5-11(15)10-19-16(21)20-12-7-8-13(17)14(18)9-12/h3-9H,10H2,1-2H3,(H2,19,20,21). The number of urea groups is 1. The summed E-state index contributed by atoms with van der Waals surface area (Å²) < 4.78 is 22.6. The number of carbonyl (C=O) groups excluding carboxylic acids is 1. The number of benzene rings is 2. The molecule has 0 heterocycles. The molecule has 6 nitrogen and oxygen atoms in total. The van der Waals surface area contributed by atoms with Crippen LogP contribution in [0.1, 0.15) is 5.56 Å². The van der Waals surface area contributed by atoms with E-state index in [0.29, 0.717) is 26.6 Å². The molecule has 2 N–H and O–H groups in total. The molecule has 25 heavy (non-hydrogen) atoms. The smallest absolute Gasteiger partial charge is 0.334 e. The second kappa shape index (κ2) is 8.70. The lowest BCUT2D eigenvalue weighted by Crippen LogP contribution is -2.30. The molecule has 0 unspecified atom stereocenters. The topological polar surface area (TPSA) is 76.7 Å². The second-order valence-corrected chi connectivity index (χ2v) is 7.95. The van der Waals surface area contributed by atoms with Crippen molar-refractivity contribution in [2.45, 2.75) is 6.54 Å². The summed E-state index contributed by atoms with van der Waals surface area (Å²) >= 11 is 11.7. The minimum atomic E-state index is -3.41. The molecule has 0 saturated heterocycles. The van der Waals surface area contributed by atoms with Gasteiger partial charge in [-0.25, -0.2) is 4.79 Å². The monoisotopic (exact) mass is 402 g/mol. The molecule has 2 amide bonds. The molecule has 2 aromatic carbocycles. The van der Waals surface area contributed by atoms with Gasteiger partial charge in [0.25, 0.3) is 0 Å². The lowest BCUT2D eigenvalue weighted by atomic mass is 10.2. The van der Waals surface area contributed by atoms with Gasteiger partial charge in [0.05, 0.1) is 15.3 Å². The lowest BCUT2D eigenvalue weighted by Gasteiger charge is -2.17. The Morgan fingerprint density at radius 1 is 1.08 bits per heavy atom. The van der Waals surface area contributed by atoms with Crippen molar-refractivity contribution >= 4 is 47.8 Å². The van der Waals surface area contributed by atoms with E-state index in [-0.39, 0.29) is 6.54 Å². The Hall–Kier alpha value is -1.56. The van der Waals surface area contributed by atoms with Crippen LogP contribution in [0.3, 0.4) is 0 Å². The van der Waals surface area contributed by atoms with Gasteiger partial charge < -0.3 is 19.7 Å². The van der Waals surface area contributed by atoms with Gasteiger partial charge in [0, 0.05) is 26.5 Å². The number of nitrogens with one attached hydrogen (secondary N) is 2. The third kappa shape index (κ3) is 4.97. The molecule has 0 atom stereocenters. The van der Waals surface area contributed by atoms with Gasteiger partial charge in [0.15, 0.2) is 0 Å². The summed E-state index contributed by atoms with van der Waals surface area (Å²) in [6, 6.07) is 11.2. The van der Waals surface area contributed by atoms with E-state index in [4.69, 9.17) is 32.2 Å². The van der Waals surface area contributed by atoms with Gasteiger partial charge in [-0.05, 0) is 29.8 Å². The minimum absolute atomic E-state index is 0.139. The van der Waals surface area contributed by atoms with E-state index in [2.05, 4.69) is 10.6 Å². The van der Waals surface area contributed by atoms with E-state index < -0.39 is 13.6 Å². The molecule has 0 aromatic heterocycles. The molecule has 0 radical (unpaired) electrons. The Morgan fingerprint density at radius 3 is 2.40 bits per heavy atom. The Kier molecular flexibility index (Phi) is 6.87. The van der Waals surface area contributed by atoms with E-state index in [1.54, 1.807) is 42.5 Å². The predicted molar refractivity (Wildman–Crippen MR) is 100 cm³/mol. The molecule has 0 saturated carbocycles. The zero-order valence-corrected chi connectivity index (χ0v) is 16.0. The van der Waals surface area contributed by atoms with Crippen molar-refractivity contribution in [3.05, 3.63) is 58.1 Å². The Morgan fingerprint density at radius 2 is 1.76 bits per heavy atom. The zero-order valence-electron chi connectivity index (χ0n) is 13.6. The summed E-state index contributed by atoms with van der Waals surface area (Å²) in [6.45, 7) is 0.139. The maximum Gasteiger partial charge on any atom is 0.361 e. The maximum atomic E-state index is 12.6. The van der Waals surface area contributed by atoms with Crippen molar-refractivity contribution in [1.29, 1.82) is 0 Å². The van der Waals surface area contributed by atoms with Crippen LogP contribution in [0.2, 0.25) is 10.0 Å². The number of hydrogen-bond acceptors (Lipinski definition) is 4. The number of halogens is 2. The highest BCUT2D eigenvalue weighted by Gasteiger charge is 2.27. The number of carbonyl (C=O) groups is 1. The van der Waals surface area contributed by atoms with E-state index in [1.807, 2.05) is 0 Å². The van der Waals surface area contributed by atoms with Crippen molar-refractivity contribution < 1.29 is 18.4 Å². The summed E-state index contributed by atoms with van der Waals surface area (Å²) in [7, 11) is -0.791. The van der Waals surface area contributed by atoms with Gasteiger partial charge in [-0.15, -0.1) is 0 Å². The van der Waals surface area contributed by atoms with Gasteiger partial charge in [-0.3, -0.25) is 4.57 Å². The first kappa shape index (κ1) is 19.8. The number of amides is 2. The van der Waals surface area contributed by atoms with Crippen molar-refractivity contribution in [3.63, 3.8) is 0 Å². The molecule has 9 heteroatoms. The molecule has 0 aliphatic carbocycles. The van der Waals surface area contributed by atoms with Crippen LogP contribution in [0.15, 0.2) is 42.5 Å². The molecule has 0 bridgehead atoms. The number of hydrogen-bond donors (Lipinski definition) is 2. The quantitative estimate of drug-likeness (QED) is 0.700. The van der Waals surface area contributed by atoms with E-state index in [9.17, 15) is 9.36 Å². The van der Waals surface area contributed by atoms with Gasteiger partial charge in [-0.2, -0.15) is 0 Å². The Bertz CT molecular complexity index is 808. The first-order chi connectivity index (χ1) is 11.9. The Labute approximate surface area is 156 Å². The molecule has 0 aliphatic rings. The summed E-state index contributed by atoms with van der Waals surface area (Å²) in [6.07, 6.45) is 0. The van der Waals surface area contributed by atoms with Crippen molar-refractivity contribution in [3.8, 4) is 0 Å². The molecule has 2 aromatic rings. The molecule has 0 fully saturated rings. The van der Waals surface area contributed by atoms with Crippen LogP contribution < -0.4 is 15.9 Å². The summed E-state index contributed by atoms with van der Waals surface area (Å²) in [5.41, 5.74) is 1.12. The van der Waals surface area contributed by atoms with Crippen molar-refractivity contribution in [1.82, 2.24) is 5.32 Å². The SMILES string of the molecule is COP(=O)(OC)c1ccccc1CNC(=O)Nc1ccc(Cl)c(Cl)c1. The highest BCUT2D eigenvalue weighted by molar-refractivity contribution is 7.62. The molecular weight excluding hydrogens is 386 g/mol. The van der Waals surface area contributed by atoms with Gasteiger partial charge >= 0.3 is 13.6 Å².